The maximum absolute atomic E-state index is 6.21. The summed E-state index contributed by atoms with van der Waals surface area (Å²) in [5.74, 6) is 1.08. The maximum atomic E-state index is 6.21. The molecule has 0 bridgehead atoms. The SMILES string of the molecule is Cc1ccc(Oc2nc3ccccc3cc2CN)c(Cl)c1. The molecule has 4 heteroatoms. The standard InChI is InChI=1S/C17H15ClN2O/c1-11-6-7-16(14(18)8-11)21-17-13(10-19)9-12-4-2-3-5-15(12)20-17/h2-9H,10,19H2,1H3. The van der Waals surface area contributed by atoms with Gasteiger partial charge in [-0.3, -0.25) is 0 Å². The third kappa shape index (κ3) is 2.84. The lowest BCUT2D eigenvalue weighted by Crippen LogP contribution is -2.02. The second-order valence-electron chi connectivity index (χ2n) is 4.89. The second-order valence-corrected chi connectivity index (χ2v) is 5.29. The van der Waals surface area contributed by atoms with Crippen LogP contribution in [0.5, 0.6) is 11.6 Å². The van der Waals surface area contributed by atoms with Crippen LogP contribution in [-0.2, 0) is 6.54 Å². The lowest BCUT2D eigenvalue weighted by Gasteiger charge is -2.12. The minimum absolute atomic E-state index is 0.358. The fraction of sp³-hybridized carbons (Fsp3) is 0.118. The van der Waals surface area contributed by atoms with E-state index >= 15 is 0 Å². The number of halogens is 1. The van der Waals surface area contributed by atoms with Crippen LogP contribution in [0.15, 0.2) is 48.5 Å². The zero-order valence-corrected chi connectivity index (χ0v) is 12.4. The molecule has 0 aliphatic carbocycles. The lowest BCUT2D eigenvalue weighted by atomic mass is 10.1. The molecule has 21 heavy (non-hydrogen) atoms. The predicted octanol–water partition coefficient (Wildman–Crippen LogP) is 4.45. The van der Waals surface area contributed by atoms with E-state index in [1.54, 1.807) is 0 Å². The average molecular weight is 299 g/mol. The van der Waals surface area contributed by atoms with E-state index in [0.29, 0.717) is 23.2 Å². The molecule has 0 aliphatic heterocycles. The summed E-state index contributed by atoms with van der Waals surface area (Å²) in [4.78, 5) is 4.54. The third-order valence-corrected chi connectivity index (χ3v) is 3.57. The van der Waals surface area contributed by atoms with Gasteiger partial charge in [0.25, 0.3) is 0 Å². The molecule has 2 aromatic carbocycles. The molecule has 0 saturated heterocycles. The molecule has 0 spiro atoms. The van der Waals surface area contributed by atoms with E-state index in [4.69, 9.17) is 22.1 Å². The molecule has 0 radical (unpaired) electrons. The second kappa shape index (κ2) is 5.72. The Morgan fingerprint density at radius 3 is 2.71 bits per heavy atom. The molecule has 0 unspecified atom stereocenters. The van der Waals surface area contributed by atoms with E-state index in [-0.39, 0.29) is 0 Å². The Hall–Kier alpha value is -2.10. The molecule has 0 amide bonds. The maximum Gasteiger partial charge on any atom is 0.224 e. The average Bonchev–Trinajstić information content (AvgIpc) is 2.49. The van der Waals surface area contributed by atoms with Crippen molar-refractivity contribution >= 4 is 22.5 Å². The summed E-state index contributed by atoms with van der Waals surface area (Å²) in [6.07, 6.45) is 0. The van der Waals surface area contributed by atoms with Crippen LogP contribution >= 0.6 is 11.6 Å². The largest absolute Gasteiger partial charge is 0.437 e. The monoisotopic (exact) mass is 298 g/mol. The number of ether oxygens (including phenoxy) is 1. The van der Waals surface area contributed by atoms with Gasteiger partial charge in [0, 0.05) is 17.5 Å². The molecule has 2 N–H and O–H groups in total. The Kier molecular flexibility index (Phi) is 3.78. The van der Waals surface area contributed by atoms with Gasteiger partial charge >= 0.3 is 0 Å². The summed E-state index contributed by atoms with van der Waals surface area (Å²) >= 11 is 6.21. The molecule has 3 rings (SSSR count). The van der Waals surface area contributed by atoms with Crippen LogP contribution in [0.4, 0.5) is 0 Å². The molecule has 3 nitrogen and oxygen atoms in total. The number of fused-ring (bicyclic) bond motifs is 1. The third-order valence-electron chi connectivity index (χ3n) is 3.28. The molecule has 0 saturated carbocycles. The molecule has 0 atom stereocenters. The first-order valence-electron chi connectivity index (χ1n) is 6.70. The van der Waals surface area contributed by atoms with E-state index in [1.165, 1.54) is 0 Å². The molecule has 106 valence electrons. The molecule has 3 aromatic rings. The van der Waals surface area contributed by atoms with Crippen molar-refractivity contribution in [2.75, 3.05) is 0 Å². The number of aromatic nitrogens is 1. The van der Waals surface area contributed by atoms with Gasteiger partial charge in [0.15, 0.2) is 0 Å². The number of para-hydroxylation sites is 1. The summed E-state index contributed by atoms with van der Waals surface area (Å²) in [6.45, 7) is 2.34. The van der Waals surface area contributed by atoms with E-state index in [2.05, 4.69) is 4.98 Å². The molecule has 0 fully saturated rings. The molecular weight excluding hydrogens is 284 g/mol. The first-order valence-corrected chi connectivity index (χ1v) is 7.08. The van der Waals surface area contributed by atoms with Crippen LogP contribution in [0.1, 0.15) is 11.1 Å². The number of aryl methyl sites for hydroxylation is 1. The van der Waals surface area contributed by atoms with Gasteiger partial charge in [-0.1, -0.05) is 35.9 Å². The number of pyridine rings is 1. The van der Waals surface area contributed by atoms with Crippen LogP contribution in [0, 0.1) is 6.92 Å². The highest BCUT2D eigenvalue weighted by Gasteiger charge is 2.10. The van der Waals surface area contributed by atoms with E-state index < -0.39 is 0 Å². The molecule has 1 aromatic heterocycles. The molecular formula is C17H15ClN2O. The van der Waals surface area contributed by atoms with Gasteiger partial charge in [-0.25, -0.2) is 4.98 Å². The smallest absolute Gasteiger partial charge is 0.224 e. The van der Waals surface area contributed by atoms with Gasteiger partial charge in [-0.05, 0) is 36.8 Å². The van der Waals surface area contributed by atoms with Crippen LogP contribution in [0.25, 0.3) is 10.9 Å². The van der Waals surface area contributed by atoms with Crippen molar-refractivity contribution in [2.24, 2.45) is 5.73 Å². The van der Waals surface area contributed by atoms with Crippen molar-refractivity contribution < 1.29 is 4.74 Å². The number of hydrogen-bond donors (Lipinski definition) is 1. The Morgan fingerprint density at radius 2 is 1.95 bits per heavy atom. The zero-order chi connectivity index (χ0) is 14.8. The number of rotatable bonds is 3. The van der Waals surface area contributed by atoms with Gasteiger partial charge in [-0.15, -0.1) is 0 Å². The Labute approximate surface area is 128 Å². The highest BCUT2D eigenvalue weighted by molar-refractivity contribution is 6.32. The number of benzene rings is 2. The van der Waals surface area contributed by atoms with Gasteiger partial charge in [0.2, 0.25) is 5.88 Å². The van der Waals surface area contributed by atoms with E-state index in [9.17, 15) is 0 Å². The number of nitrogens with zero attached hydrogens (tertiary/aromatic N) is 1. The minimum Gasteiger partial charge on any atom is -0.437 e. The topological polar surface area (TPSA) is 48.1 Å². The minimum atomic E-state index is 0.358. The van der Waals surface area contributed by atoms with Crippen molar-refractivity contribution in [1.29, 1.82) is 0 Å². The Bertz CT molecular complexity index is 802. The van der Waals surface area contributed by atoms with Crippen molar-refractivity contribution in [1.82, 2.24) is 4.98 Å². The normalized spacial score (nSPS) is 10.8. The highest BCUT2D eigenvalue weighted by atomic mass is 35.5. The Balaban J connectivity index is 2.06. The molecule has 1 heterocycles. The number of nitrogens with two attached hydrogens (primary N) is 1. The van der Waals surface area contributed by atoms with Crippen LogP contribution in [0.2, 0.25) is 5.02 Å². The van der Waals surface area contributed by atoms with E-state index in [1.807, 2.05) is 55.5 Å². The first-order chi connectivity index (χ1) is 10.2. The summed E-state index contributed by atoms with van der Waals surface area (Å²) in [6, 6.07) is 15.5. The summed E-state index contributed by atoms with van der Waals surface area (Å²) < 4.78 is 5.87. The number of hydrogen-bond acceptors (Lipinski definition) is 3. The summed E-state index contributed by atoms with van der Waals surface area (Å²) in [5.41, 5.74) is 8.61. The summed E-state index contributed by atoms with van der Waals surface area (Å²) in [5, 5.41) is 1.60. The van der Waals surface area contributed by atoms with Gasteiger partial charge in [0.05, 0.1) is 10.5 Å². The van der Waals surface area contributed by atoms with Crippen molar-refractivity contribution in [3.05, 3.63) is 64.7 Å². The van der Waals surface area contributed by atoms with E-state index in [0.717, 1.165) is 22.0 Å². The highest BCUT2D eigenvalue weighted by Crippen LogP contribution is 2.32. The fourth-order valence-corrected chi connectivity index (χ4v) is 2.44. The Morgan fingerprint density at radius 1 is 1.14 bits per heavy atom. The zero-order valence-electron chi connectivity index (χ0n) is 11.6. The first kappa shape index (κ1) is 13.9. The lowest BCUT2D eigenvalue weighted by molar-refractivity contribution is 0.459. The van der Waals surface area contributed by atoms with Crippen LogP contribution in [0.3, 0.4) is 0 Å². The quantitative estimate of drug-likeness (QED) is 0.777. The van der Waals surface area contributed by atoms with Crippen molar-refractivity contribution in [3.8, 4) is 11.6 Å². The predicted molar refractivity (Wildman–Crippen MR) is 85.9 cm³/mol. The van der Waals surface area contributed by atoms with Gasteiger partial charge in [-0.2, -0.15) is 0 Å². The summed E-state index contributed by atoms with van der Waals surface area (Å²) in [7, 11) is 0. The van der Waals surface area contributed by atoms with Crippen molar-refractivity contribution in [2.45, 2.75) is 13.5 Å². The fourth-order valence-electron chi connectivity index (χ4n) is 2.17. The van der Waals surface area contributed by atoms with Crippen molar-refractivity contribution in [3.63, 3.8) is 0 Å². The van der Waals surface area contributed by atoms with Gasteiger partial charge in [0.1, 0.15) is 5.75 Å². The van der Waals surface area contributed by atoms with Crippen LogP contribution in [-0.4, -0.2) is 4.98 Å². The molecule has 0 aliphatic rings. The van der Waals surface area contributed by atoms with Gasteiger partial charge < -0.3 is 10.5 Å². The van der Waals surface area contributed by atoms with Crippen LogP contribution < -0.4 is 10.5 Å².